The van der Waals surface area contributed by atoms with Gasteiger partial charge in [-0.3, -0.25) is 4.90 Å². The van der Waals surface area contributed by atoms with Crippen molar-refractivity contribution in [1.29, 1.82) is 0 Å². The Hall–Kier alpha value is -1.22. The smallest absolute Gasteiger partial charge is 0.142 e. The number of benzene rings is 1. The van der Waals surface area contributed by atoms with Gasteiger partial charge in [0, 0.05) is 24.7 Å². The van der Waals surface area contributed by atoms with E-state index in [1.807, 2.05) is 0 Å². The third-order valence-electron chi connectivity index (χ3n) is 4.60. The molecule has 21 heavy (non-hydrogen) atoms. The topological polar surface area (TPSA) is 24.5 Å². The molecule has 1 N–H and O–H groups in total. The van der Waals surface area contributed by atoms with Crippen LogP contribution in [-0.2, 0) is 0 Å². The lowest BCUT2D eigenvalue weighted by molar-refractivity contribution is 0.257. The van der Waals surface area contributed by atoms with Gasteiger partial charge in [-0.05, 0) is 57.2 Å². The molecule has 116 valence electrons. The summed E-state index contributed by atoms with van der Waals surface area (Å²) in [7, 11) is 0. The molecule has 1 saturated carbocycles. The van der Waals surface area contributed by atoms with E-state index >= 15 is 0 Å². The molecule has 3 rings (SSSR count). The molecule has 1 aliphatic heterocycles. The van der Waals surface area contributed by atoms with Crippen LogP contribution < -0.4 is 10.1 Å². The number of nitrogens with zero attached hydrogens (tertiary/aromatic N) is 1. The number of aryl methyl sites for hydroxylation is 1. The third kappa shape index (κ3) is 3.52. The molecule has 2 fully saturated rings. The van der Waals surface area contributed by atoms with Crippen LogP contribution >= 0.6 is 0 Å². The molecule has 1 aliphatic carbocycles. The Kier molecular flexibility index (Phi) is 4.39. The van der Waals surface area contributed by atoms with Crippen LogP contribution in [0.3, 0.4) is 0 Å². The lowest BCUT2D eigenvalue weighted by atomic mass is 10.1. The second-order valence-corrected chi connectivity index (χ2v) is 6.70. The van der Waals surface area contributed by atoms with Gasteiger partial charge < -0.3 is 10.1 Å². The standard InChI is InChI=1S/C18H28N2O/c1-4-9-21-18-10-13(2)5-8-17(18)19-15-11-14(3)20(12-15)16-6-7-16/h5,8,10,14-16,19H,4,6-7,9,11-12H2,1-3H3. The number of hydrogen-bond acceptors (Lipinski definition) is 3. The zero-order valence-corrected chi connectivity index (χ0v) is 13.6. The van der Waals surface area contributed by atoms with Crippen LogP contribution in [0.4, 0.5) is 5.69 Å². The van der Waals surface area contributed by atoms with Crippen LogP contribution in [0.15, 0.2) is 18.2 Å². The highest BCUT2D eigenvalue weighted by atomic mass is 16.5. The van der Waals surface area contributed by atoms with Crippen molar-refractivity contribution < 1.29 is 4.74 Å². The number of nitrogens with one attached hydrogen (secondary N) is 1. The van der Waals surface area contributed by atoms with Crippen molar-refractivity contribution in [3.8, 4) is 5.75 Å². The Labute approximate surface area is 128 Å². The molecule has 3 nitrogen and oxygen atoms in total. The minimum Gasteiger partial charge on any atom is -0.491 e. The summed E-state index contributed by atoms with van der Waals surface area (Å²) in [6, 6.07) is 8.60. The molecule has 0 radical (unpaired) electrons. The van der Waals surface area contributed by atoms with Crippen molar-refractivity contribution in [3.63, 3.8) is 0 Å². The van der Waals surface area contributed by atoms with E-state index in [-0.39, 0.29) is 0 Å². The monoisotopic (exact) mass is 288 g/mol. The maximum atomic E-state index is 5.91. The summed E-state index contributed by atoms with van der Waals surface area (Å²) < 4.78 is 5.91. The van der Waals surface area contributed by atoms with Crippen molar-refractivity contribution in [2.75, 3.05) is 18.5 Å². The lowest BCUT2D eigenvalue weighted by Gasteiger charge is -2.20. The van der Waals surface area contributed by atoms with Gasteiger partial charge in [0.15, 0.2) is 0 Å². The summed E-state index contributed by atoms with van der Waals surface area (Å²) in [4.78, 5) is 2.68. The second-order valence-electron chi connectivity index (χ2n) is 6.70. The average Bonchev–Trinajstić information content (AvgIpc) is 3.23. The highest BCUT2D eigenvalue weighted by molar-refractivity contribution is 5.58. The summed E-state index contributed by atoms with van der Waals surface area (Å²) in [5.41, 5.74) is 2.41. The van der Waals surface area contributed by atoms with E-state index in [0.717, 1.165) is 30.5 Å². The largest absolute Gasteiger partial charge is 0.491 e. The van der Waals surface area contributed by atoms with Crippen LogP contribution in [0.25, 0.3) is 0 Å². The molecule has 2 atom stereocenters. The maximum absolute atomic E-state index is 5.91. The molecule has 0 bridgehead atoms. The molecule has 0 amide bonds. The average molecular weight is 288 g/mol. The number of likely N-dealkylation sites (tertiary alicyclic amines) is 1. The summed E-state index contributed by atoms with van der Waals surface area (Å²) in [5.74, 6) is 1.01. The first-order valence-corrected chi connectivity index (χ1v) is 8.43. The molecule has 1 heterocycles. The van der Waals surface area contributed by atoms with Gasteiger partial charge in [-0.2, -0.15) is 0 Å². The first-order chi connectivity index (χ1) is 10.2. The normalized spacial score (nSPS) is 26.0. The van der Waals surface area contributed by atoms with Crippen LogP contribution in [0.1, 0.15) is 45.1 Å². The summed E-state index contributed by atoms with van der Waals surface area (Å²) in [5, 5.41) is 3.72. The summed E-state index contributed by atoms with van der Waals surface area (Å²) in [6.07, 6.45) is 5.07. The molecule has 1 saturated heterocycles. The fourth-order valence-corrected chi connectivity index (χ4v) is 3.38. The van der Waals surface area contributed by atoms with E-state index in [9.17, 15) is 0 Å². The Morgan fingerprint density at radius 1 is 1.33 bits per heavy atom. The first-order valence-electron chi connectivity index (χ1n) is 8.43. The van der Waals surface area contributed by atoms with Gasteiger partial charge in [0.25, 0.3) is 0 Å². The minimum atomic E-state index is 0.548. The quantitative estimate of drug-likeness (QED) is 0.861. The Morgan fingerprint density at radius 2 is 2.14 bits per heavy atom. The van der Waals surface area contributed by atoms with Gasteiger partial charge in [-0.25, -0.2) is 0 Å². The fraction of sp³-hybridized carbons (Fsp3) is 0.667. The van der Waals surface area contributed by atoms with Gasteiger partial charge in [0.1, 0.15) is 5.75 Å². The van der Waals surface area contributed by atoms with Crippen molar-refractivity contribution in [1.82, 2.24) is 4.90 Å². The van der Waals surface area contributed by atoms with Gasteiger partial charge in [-0.15, -0.1) is 0 Å². The molecule has 2 unspecified atom stereocenters. The van der Waals surface area contributed by atoms with E-state index in [4.69, 9.17) is 4.74 Å². The third-order valence-corrected chi connectivity index (χ3v) is 4.60. The molecule has 0 spiro atoms. The van der Waals surface area contributed by atoms with Crippen LogP contribution in [-0.4, -0.2) is 36.2 Å². The van der Waals surface area contributed by atoms with E-state index in [2.05, 4.69) is 49.2 Å². The SMILES string of the molecule is CCCOc1cc(C)ccc1NC1CC(C)N(C2CC2)C1. The van der Waals surface area contributed by atoms with Gasteiger partial charge in [-0.1, -0.05) is 13.0 Å². The Balaban J connectivity index is 1.66. The van der Waals surface area contributed by atoms with E-state index in [1.54, 1.807) is 0 Å². The van der Waals surface area contributed by atoms with E-state index in [0.29, 0.717) is 12.1 Å². The molecule has 1 aromatic carbocycles. The summed E-state index contributed by atoms with van der Waals surface area (Å²) >= 11 is 0. The Morgan fingerprint density at radius 3 is 2.86 bits per heavy atom. The number of anilines is 1. The lowest BCUT2D eigenvalue weighted by Crippen LogP contribution is -2.31. The van der Waals surface area contributed by atoms with Crippen molar-refractivity contribution in [2.24, 2.45) is 0 Å². The number of ether oxygens (including phenoxy) is 1. The number of hydrogen-bond donors (Lipinski definition) is 1. The number of rotatable bonds is 6. The first kappa shape index (κ1) is 14.7. The van der Waals surface area contributed by atoms with Crippen molar-refractivity contribution >= 4 is 5.69 Å². The fourth-order valence-electron chi connectivity index (χ4n) is 3.38. The van der Waals surface area contributed by atoms with Gasteiger partial charge >= 0.3 is 0 Å². The predicted octanol–water partition coefficient (Wildman–Crippen LogP) is 3.82. The zero-order chi connectivity index (χ0) is 14.8. The van der Waals surface area contributed by atoms with Crippen LogP contribution in [0.5, 0.6) is 5.75 Å². The maximum Gasteiger partial charge on any atom is 0.142 e. The highest BCUT2D eigenvalue weighted by Crippen LogP contribution is 2.35. The molecule has 3 heteroatoms. The van der Waals surface area contributed by atoms with Crippen molar-refractivity contribution in [2.45, 2.75) is 64.6 Å². The Bertz CT molecular complexity index is 484. The van der Waals surface area contributed by atoms with Gasteiger partial charge in [0.05, 0.1) is 12.3 Å². The molecule has 1 aromatic rings. The summed E-state index contributed by atoms with van der Waals surface area (Å²) in [6.45, 7) is 8.59. The van der Waals surface area contributed by atoms with E-state index in [1.165, 1.54) is 31.4 Å². The van der Waals surface area contributed by atoms with Gasteiger partial charge in [0.2, 0.25) is 0 Å². The predicted molar refractivity (Wildman–Crippen MR) is 88.2 cm³/mol. The highest BCUT2D eigenvalue weighted by Gasteiger charge is 2.38. The van der Waals surface area contributed by atoms with Crippen molar-refractivity contribution in [3.05, 3.63) is 23.8 Å². The minimum absolute atomic E-state index is 0.548. The molecular formula is C18H28N2O. The molecular weight excluding hydrogens is 260 g/mol. The zero-order valence-electron chi connectivity index (χ0n) is 13.6. The molecule has 2 aliphatic rings. The molecule has 0 aromatic heterocycles. The van der Waals surface area contributed by atoms with Crippen LogP contribution in [0, 0.1) is 6.92 Å². The second kappa shape index (κ2) is 6.27. The van der Waals surface area contributed by atoms with Crippen LogP contribution in [0.2, 0.25) is 0 Å². The van der Waals surface area contributed by atoms with E-state index < -0.39 is 0 Å².